The molecular weight excluding hydrogens is 227 g/mol. The Hall–Kier alpha value is -0.805. The SMILES string of the molecule is CCC1(C)OB(c2ccn(C(C)C)n2)OC1(C)C. The van der Waals surface area contributed by atoms with Gasteiger partial charge in [-0.25, -0.2) is 0 Å². The van der Waals surface area contributed by atoms with Gasteiger partial charge < -0.3 is 9.31 Å². The second kappa shape index (κ2) is 4.39. The first kappa shape index (κ1) is 13.6. The molecule has 18 heavy (non-hydrogen) atoms. The summed E-state index contributed by atoms with van der Waals surface area (Å²) in [4.78, 5) is 0. The van der Waals surface area contributed by atoms with Crippen LogP contribution in [0.2, 0.25) is 0 Å². The zero-order valence-electron chi connectivity index (χ0n) is 12.2. The van der Waals surface area contributed by atoms with Gasteiger partial charge in [0, 0.05) is 12.2 Å². The molecule has 0 aromatic carbocycles. The molecule has 0 saturated carbocycles. The molecule has 0 bridgehead atoms. The second-order valence-electron chi connectivity index (χ2n) is 5.98. The Morgan fingerprint density at radius 2 is 2.00 bits per heavy atom. The summed E-state index contributed by atoms with van der Waals surface area (Å²) in [5.41, 5.74) is 0.293. The number of aromatic nitrogens is 2. The van der Waals surface area contributed by atoms with Gasteiger partial charge in [-0.1, -0.05) is 6.92 Å². The molecule has 0 aliphatic carbocycles. The maximum atomic E-state index is 6.09. The summed E-state index contributed by atoms with van der Waals surface area (Å²) in [7, 11) is -0.357. The molecule has 0 amide bonds. The lowest BCUT2D eigenvalue weighted by molar-refractivity contribution is -0.0118. The van der Waals surface area contributed by atoms with Gasteiger partial charge in [0.2, 0.25) is 0 Å². The Morgan fingerprint density at radius 3 is 2.44 bits per heavy atom. The number of rotatable bonds is 3. The summed E-state index contributed by atoms with van der Waals surface area (Å²) in [5.74, 6) is 0. The molecule has 4 nitrogen and oxygen atoms in total. The normalized spacial score (nSPS) is 27.2. The highest BCUT2D eigenvalue weighted by Gasteiger charge is 2.54. The molecular formula is C13H23BN2O2. The third-order valence-corrected chi connectivity index (χ3v) is 4.12. The van der Waals surface area contributed by atoms with E-state index < -0.39 is 0 Å². The van der Waals surface area contributed by atoms with Crippen molar-refractivity contribution in [2.24, 2.45) is 0 Å². The molecule has 0 radical (unpaired) electrons. The largest absolute Gasteiger partial charge is 0.516 e. The van der Waals surface area contributed by atoms with E-state index in [0.29, 0.717) is 6.04 Å². The standard InChI is InChI=1S/C13H23BN2O2/c1-7-13(6)12(4,5)17-14(18-13)11-8-9-16(15-11)10(2)3/h8-10H,7H2,1-6H3. The monoisotopic (exact) mass is 250 g/mol. The Bertz CT molecular complexity index is 430. The summed E-state index contributed by atoms with van der Waals surface area (Å²) in [5, 5.41) is 4.52. The van der Waals surface area contributed by atoms with Crippen LogP contribution in [-0.2, 0) is 9.31 Å². The molecule has 1 aliphatic heterocycles. The molecule has 1 saturated heterocycles. The van der Waals surface area contributed by atoms with Gasteiger partial charge in [-0.2, -0.15) is 5.10 Å². The van der Waals surface area contributed by atoms with Gasteiger partial charge in [0.15, 0.2) is 0 Å². The van der Waals surface area contributed by atoms with Gasteiger partial charge in [-0.3, -0.25) is 4.68 Å². The van der Waals surface area contributed by atoms with Crippen molar-refractivity contribution in [3.63, 3.8) is 0 Å². The van der Waals surface area contributed by atoms with E-state index in [1.807, 2.05) is 16.9 Å². The Kier molecular flexibility index (Phi) is 3.32. The lowest BCUT2D eigenvalue weighted by Crippen LogP contribution is -2.44. The first-order chi connectivity index (χ1) is 8.29. The molecule has 1 atom stereocenters. The molecule has 1 aliphatic rings. The smallest absolute Gasteiger partial charge is 0.398 e. The van der Waals surface area contributed by atoms with E-state index in [9.17, 15) is 0 Å². The molecule has 1 fully saturated rings. The zero-order chi connectivity index (χ0) is 13.6. The molecule has 100 valence electrons. The van der Waals surface area contributed by atoms with Gasteiger partial charge in [0.05, 0.1) is 16.8 Å². The van der Waals surface area contributed by atoms with Crippen LogP contribution in [0.3, 0.4) is 0 Å². The minimum Gasteiger partial charge on any atom is -0.398 e. The van der Waals surface area contributed by atoms with Crippen molar-refractivity contribution in [1.29, 1.82) is 0 Å². The van der Waals surface area contributed by atoms with Crippen LogP contribution in [0, 0.1) is 0 Å². The maximum absolute atomic E-state index is 6.09. The van der Waals surface area contributed by atoms with E-state index in [2.05, 4.69) is 46.6 Å². The number of hydrogen-bond donors (Lipinski definition) is 0. The molecule has 2 rings (SSSR count). The molecule has 1 aromatic heterocycles. The summed E-state index contributed by atoms with van der Waals surface area (Å²) < 4.78 is 14.1. The summed E-state index contributed by atoms with van der Waals surface area (Å²) in [6, 6.07) is 2.33. The van der Waals surface area contributed by atoms with Crippen LogP contribution in [0.4, 0.5) is 0 Å². The average Bonchev–Trinajstić information content (AvgIpc) is 2.83. The van der Waals surface area contributed by atoms with Crippen LogP contribution in [0.1, 0.15) is 54.0 Å². The zero-order valence-corrected chi connectivity index (χ0v) is 12.2. The van der Waals surface area contributed by atoms with Crippen LogP contribution in [0.5, 0.6) is 0 Å². The van der Waals surface area contributed by atoms with E-state index in [-0.39, 0.29) is 18.3 Å². The van der Waals surface area contributed by atoms with Gasteiger partial charge in [0.1, 0.15) is 0 Å². The Balaban J connectivity index is 2.21. The Morgan fingerprint density at radius 1 is 1.33 bits per heavy atom. The van der Waals surface area contributed by atoms with E-state index in [0.717, 1.165) is 12.0 Å². The fourth-order valence-corrected chi connectivity index (χ4v) is 2.19. The van der Waals surface area contributed by atoms with Gasteiger partial charge >= 0.3 is 7.12 Å². The third-order valence-electron chi connectivity index (χ3n) is 4.12. The van der Waals surface area contributed by atoms with Crippen LogP contribution in [-0.4, -0.2) is 28.1 Å². The van der Waals surface area contributed by atoms with Crippen molar-refractivity contribution >= 4 is 12.7 Å². The van der Waals surface area contributed by atoms with Crippen molar-refractivity contribution in [3.05, 3.63) is 12.3 Å². The third kappa shape index (κ3) is 2.10. The predicted molar refractivity (Wildman–Crippen MR) is 72.9 cm³/mol. The van der Waals surface area contributed by atoms with E-state index in [4.69, 9.17) is 9.31 Å². The molecule has 2 heterocycles. The van der Waals surface area contributed by atoms with Crippen LogP contribution in [0.25, 0.3) is 0 Å². The minimum absolute atomic E-state index is 0.265. The van der Waals surface area contributed by atoms with E-state index >= 15 is 0 Å². The lowest BCUT2D eigenvalue weighted by atomic mass is 9.85. The highest BCUT2D eigenvalue weighted by atomic mass is 16.7. The molecule has 0 N–H and O–H groups in total. The minimum atomic E-state index is -0.357. The lowest BCUT2D eigenvalue weighted by Gasteiger charge is -2.35. The topological polar surface area (TPSA) is 36.3 Å². The summed E-state index contributed by atoms with van der Waals surface area (Å²) in [6.07, 6.45) is 2.89. The summed E-state index contributed by atoms with van der Waals surface area (Å²) in [6.45, 7) is 12.6. The van der Waals surface area contributed by atoms with Gasteiger partial charge in [-0.15, -0.1) is 0 Å². The van der Waals surface area contributed by atoms with Crippen molar-refractivity contribution in [1.82, 2.24) is 9.78 Å². The molecule has 5 heteroatoms. The first-order valence-electron chi connectivity index (χ1n) is 6.70. The van der Waals surface area contributed by atoms with Crippen molar-refractivity contribution in [2.45, 2.75) is 65.2 Å². The predicted octanol–water partition coefficient (Wildman–Crippen LogP) is 2.15. The summed E-state index contributed by atoms with van der Waals surface area (Å²) >= 11 is 0. The van der Waals surface area contributed by atoms with Crippen LogP contribution >= 0.6 is 0 Å². The number of hydrogen-bond acceptors (Lipinski definition) is 3. The Labute approximate surface area is 110 Å². The van der Waals surface area contributed by atoms with Crippen LogP contribution in [0.15, 0.2) is 12.3 Å². The number of nitrogens with zero attached hydrogens (tertiary/aromatic N) is 2. The fraction of sp³-hybridized carbons (Fsp3) is 0.769. The fourth-order valence-electron chi connectivity index (χ4n) is 2.19. The molecule has 1 unspecified atom stereocenters. The van der Waals surface area contributed by atoms with Gasteiger partial charge in [0.25, 0.3) is 0 Å². The maximum Gasteiger partial charge on any atom is 0.516 e. The van der Waals surface area contributed by atoms with Crippen molar-refractivity contribution < 1.29 is 9.31 Å². The average molecular weight is 250 g/mol. The highest BCUT2D eigenvalue weighted by Crippen LogP contribution is 2.39. The quantitative estimate of drug-likeness (QED) is 0.771. The van der Waals surface area contributed by atoms with Gasteiger partial charge in [-0.05, 0) is 47.1 Å². The van der Waals surface area contributed by atoms with E-state index in [1.54, 1.807) is 0 Å². The van der Waals surface area contributed by atoms with E-state index in [1.165, 1.54) is 0 Å². The van der Waals surface area contributed by atoms with Crippen molar-refractivity contribution in [3.8, 4) is 0 Å². The first-order valence-corrected chi connectivity index (χ1v) is 6.70. The molecule has 0 spiro atoms. The van der Waals surface area contributed by atoms with Crippen molar-refractivity contribution in [2.75, 3.05) is 0 Å². The molecule has 1 aromatic rings. The van der Waals surface area contributed by atoms with Crippen LogP contribution < -0.4 is 5.59 Å². The highest BCUT2D eigenvalue weighted by molar-refractivity contribution is 6.61. The second-order valence-corrected chi connectivity index (χ2v) is 5.98.